The van der Waals surface area contributed by atoms with Crippen molar-refractivity contribution in [3.8, 4) is 0 Å². The van der Waals surface area contributed by atoms with E-state index in [1.54, 1.807) is 25.1 Å². The van der Waals surface area contributed by atoms with Crippen molar-refractivity contribution in [1.29, 1.82) is 0 Å². The quantitative estimate of drug-likeness (QED) is 0.190. The minimum Gasteiger partial charge on any atom is -0.462 e. The Morgan fingerprint density at radius 1 is 0.951 bits per heavy atom. The van der Waals surface area contributed by atoms with E-state index in [9.17, 15) is 13.2 Å². The van der Waals surface area contributed by atoms with Crippen LogP contribution in [0.2, 0.25) is 0 Å². The van der Waals surface area contributed by atoms with E-state index in [4.69, 9.17) is 14.2 Å². The highest BCUT2D eigenvalue weighted by Gasteiger charge is 2.52. The molecular weight excluding hydrogens is 604 g/mol. The van der Waals surface area contributed by atoms with Crippen LogP contribution in [0, 0.1) is 5.92 Å². The van der Waals surface area contributed by atoms with Crippen molar-refractivity contribution in [3.05, 3.63) is 106 Å². The van der Waals surface area contributed by atoms with Crippen LogP contribution < -0.4 is 0 Å². The van der Waals surface area contributed by atoms with Gasteiger partial charge in [-0.25, -0.2) is 13.2 Å². The molecule has 3 aromatic rings. The van der Waals surface area contributed by atoms with E-state index in [2.05, 4.69) is 40.2 Å². The van der Waals surface area contributed by atoms with Gasteiger partial charge in [-0.2, -0.15) is 0 Å². The van der Waals surface area contributed by atoms with Gasteiger partial charge in [0.2, 0.25) is 0 Å². The zero-order chi connectivity index (χ0) is 28.6. The number of rotatable bonds is 8. The second kappa shape index (κ2) is 11.5. The van der Waals surface area contributed by atoms with Gasteiger partial charge in [-0.05, 0) is 76.9 Å². The smallest absolute Gasteiger partial charge is 0.338 e. The number of halogens is 1. The lowest BCUT2D eigenvalue weighted by atomic mass is 9.98. The first-order valence-electron chi connectivity index (χ1n) is 14.2. The number of hydrogen-bond donors (Lipinski definition) is 0. The molecule has 0 bridgehead atoms. The van der Waals surface area contributed by atoms with Crippen LogP contribution in [0.3, 0.4) is 0 Å². The fourth-order valence-electron chi connectivity index (χ4n) is 5.93. The van der Waals surface area contributed by atoms with Crippen molar-refractivity contribution in [2.45, 2.75) is 67.2 Å². The van der Waals surface area contributed by atoms with Crippen molar-refractivity contribution in [2.24, 2.45) is 5.92 Å². The first-order valence-corrected chi connectivity index (χ1v) is 16.5. The summed E-state index contributed by atoms with van der Waals surface area (Å²) < 4.78 is 45.1. The number of benzene rings is 3. The van der Waals surface area contributed by atoms with Gasteiger partial charge in [0.1, 0.15) is 12.2 Å². The Morgan fingerprint density at radius 2 is 1.56 bits per heavy atom. The minimum absolute atomic E-state index is 0.00833. The van der Waals surface area contributed by atoms with Crippen LogP contribution in [0.4, 0.5) is 0 Å². The summed E-state index contributed by atoms with van der Waals surface area (Å²) in [5, 5.41) is -0.315. The third-order valence-corrected chi connectivity index (χ3v) is 11.3. The maximum absolute atomic E-state index is 13.1. The van der Waals surface area contributed by atoms with Crippen LogP contribution in [0.25, 0.3) is 5.57 Å². The van der Waals surface area contributed by atoms with Gasteiger partial charge in [-0.1, -0.05) is 72.8 Å². The molecule has 0 radical (unpaired) electrons. The molecule has 0 N–H and O–H groups in total. The van der Waals surface area contributed by atoms with Gasteiger partial charge in [-0.15, -0.1) is 0 Å². The van der Waals surface area contributed by atoms with Gasteiger partial charge in [0.25, 0.3) is 0 Å². The number of carbonyl (C=O) groups is 1. The van der Waals surface area contributed by atoms with Crippen LogP contribution in [0.1, 0.15) is 67.9 Å². The van der Waals surface area contributed by atoms with Gasteiger partial charge >= 0.3 is 5.97 Å². The normalized spacial score (nSPS) is 24.0. The Morgan fingerprint density at radius 3 is 2.10 bits per heavy atom. The molecule has 0 aromatic heterocycles. The summed E-state index contributed by atoms with van der Waals surface area (Å²) in [5.41, 5.74) is 3.16. The van der Waals surface area contributed by atoms with Crippen molar-refractivity contribution in [1.82, 2.24) is 0 Å². The van der Waals surface area contributed by atoms with E-state index in [-0.39, 0.29) is 34.9 Å². The summed E-state index contributed by atoms with van der Waals surface area (Å²) in [5.74, 6) is -1.20. The second-order valence-electron chi connectivity index (χ2n) is 11.0. The second-order valence-corrected chi connectivity index (χ2v) is 14.1. The van der Waals surface area contributed by atoms with Gasteiger partial charge in [0.05, 0.1) is 22.3 Å². The average molecular weight is 638 g/mol. The van der Waals surface area contributed by atoms with Crippen LogP contribution in [-0.4, -0.2) is 32.0 Å². The summed E-state index contributed by atoms with van der Waals surface area (Å²) in [6, 6.07) is 25.3. The number of esters is 1. The molecule has 3 aromatic carbocycles. The molecule has 2 aliphatic carbocycles. The molecule has 0 unspecified atom stereocenters. The highest BCUT2D eigenvalue weighted by Crippen LogP contribution is 2.54. The summed E-state index contributed by atoms with van der Waals surface area (Å²) in [6.07, 6.45) is 4.90. The molecule has 214 valence electrons. The van der Waals surface area contributed by atoms with Gasteiger partial charge in [-0.3, -0.25) is 0 Å². The molecule has 3 aliphatic rings. The first-order chi connectivity index (χ1) is 19.8. The Labute approximate surface area is 249 Å². The average Bonchev–Trinajstić information content (AvgIpc) is 3.69. The summed E-state index contributed by atoms with van der Waals surface area (Å²) in [4.78, 5) is 13.4. The zero-order valence-corrected chi connectivity index (χ0v) is 25.3. The van der Waals surface area contributed by atoms with E-state index < -0.39 is 21.6 Å². The predicted molar refractivity (Wildman–Crippen MR) is 160 cm³/mol. The van der Waals surface area contributed by atoms with E-state index in [1.165, 1.54) is 0 Å². The molecule has 1 heterocycles. The Bertz CT molecular complexity index is 1500. The molecule has 8 heteroatoms. The van der Waals surface area contributed by atoms with Gasteiger partial charge < -0.3 is 14.2 Å². The zero-order valence-electron chi connectivity index (χ0n) is 22.9. The topological polar surface area (TPSA) is 78.9 Å². The van der Waals surface area contributed by atoms with Crippen LogP contribution >= 0.6 is 15.9 Å². The largest absolute Gasteiger partial charge is 0.462 e. The highest BCUT2D eigenvalue weighted by atomic mass is 79.9. The molecule has 3 fully saturated rings. The van der Waals surface area contributed by atoms with Crippen molar-refractivity contribution < 1.29 is 27.4 Å². The van der Waals surface area contributed by atoms with Crippen LogP contribution in [-0.2, 0) is 28.8 Å². The maximum Gasteiger partial charge on any atom is 0.338 e. The van der Waals surface area contributed by atoms with Crippen molar-refractivity contribution in [3.63, 3.8) is 0 Å². The summed E-state index contributed by atoms with van der Waals surface area (Å²) in [6.45, 7) is 2.01. The van der Waals surface area contributed by atoms with E-state index in [0.29, 0.717) is 41.3 Å². The lowest BCUT2D eigenvalue weighted by molar-refractivity contribution is -0.172. The van der Waals surface area contributed by atoms with Crippen LogP contribution in [0.5, 0.6) is 0 Å². The molecule has 1 saturated heterocycles. The number of carbonyl (C=O) groups excluding carboxylic acids is 1. The SMILES string of the molecule is CCOC(=O)/C(=C\[C@@H]1CCC2(C1)O[C@@H](c1ccccc1)[C@H](c1ccccc1)O2)c1ccc(S(=O)(=O)C2CC2)c(Br)c1. The Hall–Kier alpha value is -2.78. The summed E-state index contributed by atoms with van der Waals surface area (Å²) in [7, 11) is -3.38. The highest BCUT2D eigenvalue weighted by molar-refractivity contribution is 9.10. The molecule has 6 nitrogen and oxygen atoms in total. The Kier molecular flexibility index (Phi) is 7.94. The third kappa shape index (κ3) is 5.80. The molecular formula is C33H33BrO6S. The standard InChI is InChI=1S/C33H33BrO6S/c1-2-38-32(35)27(25-13-16-29(28(34)20-25)41(36,37)26-14-15-26)19-22-17-18-33(21-22)39-30(23-9-5-3-6-10-23)31(40-33)24-11-7-4-8-12-24/h3-13,16,19-20,22,26,30-31H,2,14-15,17-18,21H2,1H3/b27-19-/t22-,30-,31-/m0/s1. The molecule has 1 aliphatic heterocycles. The monoisotopic (exact) mass is 636 g/mol. The minimum atomic E-state index is -3.38. The van der Waals surface area contributed by atoms with E-state index in [0.717, 1.165) is 17.5 Å². The van der Waals surface area contributed by atoms with Crippen molar-refractivity contribution in [2.75, 3.05) is 6.61 Å². The fourth-order valence-corrected chi connectivity index (χ4v) is 8.69. The van der Waals surface area contributed by atoms with Crippen molar-refractivity contribution >= 4 is 37.3 Å². The lowest BCUT2D eigenvalue weighted by Gasteiger charge is -2.23. The summed E-state index contributed by atoms with van der Waals surface area (Å²) >= 11 is 3.46. The van der Waals surface area contributed by atoms with Gasteiger partial charge in [0, 0.05) is 17.3 Å². The molecule has 6 rings (SSSR count). The maximum atomic E-state index is 13.1. The fraction of sp³-hybridized carbons (Fsp3) is 0.364. The molecule has 1 spiro atoms. The number of allylic oxidation sites excluding steroid dienone is 1. The number of sulfone groups is 1. The Balaban J connectivity index is 1.29. The van der Waals surface area contributed by atoms with E-state index >= 15 is 0 Å². The first kappa shape index (κ1) is 28.3. The number of ether oxygens (including phenoxy) is 3. The van der Waals surface area contributed by atoms with E-state index in [1.807, 2.05) is 42.5 Å². The molecule has 2 saturated carbocycles. The van der Waals surface area contributed by atoms with Crippen LogP contribution in [0.15, 0.2) is 94.3 Å². The van der Waals surface area contributed by atoms with Gasteiger partial charge in [0.15, 0.2) is 15.6 Å². The predicted octanol–water partition coefficient (Wildman–Crippen LogP) is 7.36. The molecule has 3 atom stereocenters. The third-order valence-electron chi connectivity index (χ3n) is 8.09. The number of hydrogen-bond acceptors (Lipinski definition) is 6. The lowest BCUT2D eigenvalue weighted by Crippen LogP contribution is -2.26. The molecule has 0 amide bonds. The molecule has 41 heavy (non-hydrogen) atoms.